The van der Waals surface area contributed by atoms with Gasteiger partial charge in [0.2, 0.25) is 0 Å². The van der Waals surface area contributed by atoms with E-state index in [9.17, 15) is 0 Å². The van der Waals surface area contributed by atoms with Crippen LogP contribution in [0.4, 0.5) is 5.69 Å². The molecule has 0 amide bonds. The number of ether oxygens (including phenoxy) is 1. The maximum absolute atomic E-state index is 5.94. The first-order valence-corrected chi connectivity index (χ1v) is 5.14. The quantitative estimate of drug-likeness (QED) is 0.640. The van der Waals surface area contributed by atoms with Crippen LogP contribution in [0.25, 0.3) is 0 Å². The molecule has 1 aromatic rings. The van der Waals surface area contributed by atoms with Gasteiger partial charge in [-0.25, -0.2) is 0 Å². The Morgan fingerprint density at radius 1 is 1.36 bits per heavy atom. The molecule has 2 rings (SSSR count). The molecule has 0 radical (unpaired) electrons. The molecule has 0 unspecified atom stereocenters. The van der Waals surface area contributed by atoms with Crippen molar-refractivity contribution in [1.29, 1.82) is 0 Å². The van der Waals surface area contributed by atoms with Crippen LogP contribution < -0.4 is 10.5 Å². The van der Waals surface area contributed by atoms with Crippen LogP contribution in [0.2, 0.25) is 0 Å². The third-order valence-corrected chi connectivity index (χ3v) is 2.70. The van der Waals surface area contributed by atoms with Crippen LogP contribution in [0, 0.1) is 0 Å². The molecule has 0 fully saturated rings. The van der Waals surface area contributed by atoms with Crippen LogP contribution >= 0.6 is 0 Å². The Balaban J connectivity index is 2.37. The molecule has 1 aromatic carbocycles. The first kappa shape index (κ1) is 9.38. The lowest BCUT2D eigenvalue weighted by molar-refractivity contribution is 0.103. The van der Waals surface area contributed by atoms with Crippen LogP contribution in [0.1, 0.15) is 32.3 Å². The maximum Gasteiger partial charge on any atom is 0.123 e. The van der Waals surface area contributed by atoms with Crippen molar-refractivity contribution in [2.45, 2.75) is 38.7 Å². The van der Waals surface area contributed by atoms with Gasteiger partial charge in [-0.05, 0) is 56.9 Å². The first-order chi connectivity index (χ1) is 6.57. The molecule has 0 spiro atoms. The van der Waals surface area contributed by atoms with Gasteiger partial charge < -0.3 is 10.5 Å². The van der Waals surface area contributed by atoms with Crippen LogP contribution in [0.15, 0.2) is 18.2 Å². The van der Waals surface area contributed by atoms with Crippen LogP contribution in [0.3, 0.4) is 0 Å². The lowest BCUT2D eigenvalue weighted by atomic mass is 10.0. The fourth-order valence-electron chi connectivity index (χ4n) is 1.95. The van der Waals surface area contributed by atoms with Crippen molar-refractivity contribution in [1.82, 2.24) is 0 Å². The Morgan fingerprint density at radius 2 is 2.14 bits per heavy atom. The zero-order valence-corrected chi connectivity index (χ0v) is 8.84. The Hall–Kier alpha value is -1.18. The van der Waals surface area contributed by atoms with Crippen molar-refractivity contribution < 1.29 is 4.74 Å². The Kier molecular flexibility index (Phi) is 2.14. The third-order valence-electron chi connectivity index (χ3n) is 2.70. The van der Waals surface area contributed by atoms with E-state index in [4.69, 9.17) is 10.5 Å². The van der Waals surface area contributed by atoms with E-state index in [-0.39, 0.29) is 5.60 Å². The standard InChI is InChI=1S/C12H17NO/c1-12(2)7-3-4-9-8-10(13)5-6-11(9)14-12/h5-6,8H,3-4,7,13H2,1-2H3. The zero-order chi connectivity index (χ0) is 10.2. The summed E-state index contributed by atoms with van der Waals surface area (Å²) in [6, 6.07) is 5.91. The van der Waals surface area contributed by atoms with E-state index < -0.39 is 0 Å². The average Bonchev–Trinajstić information content (AvgIpc) is 2.22. The predicted octanol–water partition coefficient (Wildman–Crippen LogP) is 2.76. The van der Waals surface area contributed by atoms with Crippen molar-refractivity contribution in [3.63, 3.8) is 0 Å². The molecule has 0 aromatic heterocycles. The van der Waals surface area contributed by atoms with E-state index >= 15 is 0 Å². The number of fused-ring (bicyclic) bond motifs is 1. The Labute approximate surface area is 85.1 Å². The largest absolute Gasteiger partial charge is 0.488 e. The summed E-state index contributed by atoms with van der Waals surface area (Å²) < 4.78 is 5.94. The molecular formula is C12H17NO. The number of anilines is 1. The third kappa shape index (κ3) is 1.84. The molecule has 76 valence electrons. The summed E-state index contributed by atoms with van der Waals surface area (Å²) in [4.78, 5) is 0. The summed E-state index contributed by atoms with van der Waals surface area (Å²) in [6.45, 7) is 4.27. The SMILES string of the molecule is CC1(C)CCCc2cc(N)ccc2O1. The van der Waals surface area contributed by atoms with E-state index in [1.165, 1.54) is 12.0 Å². The Bertz CT molecular complexity index is 344. The second-order valence-corrected chi connectivity index (χ2v) is 4.58. The monoisotopic (exact) mass is 191 g/mol. The summed E-state index contributed by atoms with van der Waals surface area (Å²) >= 11 is 0. The molecule has 1 heterocycles. The second-order valence-electron chi connectivity index (χ2n) is 4.58. The highest BCUT2D eigenvalue weighted by Crippen LogP contribution is 2.32. The molecule has 0 saturated carbocycles. The van der Waals surface area contributed by atoms with Gasteiger partial charge in [0.25, 0.3) is 0 Å². The molecular weight excluding hydrogens is 174 g/mol. The molecule has 0 saturated heterocycles. The molecule has 2 heteroatoms. The normalized spacial score (nSPS) is 19.3. The van der Waals surface area contributed by atoms with E-state index in [0.717, 1.165) is 24.3 Å². The predicted molar refractivity (Wildman–Crippen MR) is 58.5 cm³/mol. The van der Waals surface area contributed by atoms with Gasteiger partial charge in [0.15, 0.2) is 0 Å². The van der Waals surface area contributed by atoms with Crippen molar-refractivity contribution in [2.75, 3.05) is 5.73 Å². The topological polar surface area (TPSA) is 35.2 Å². The van der Waals surface area contributed by atoms with Gasteiger partial charge in [-0.2, -0.15) is 0 Å². The van der Waals surface area contributed by atoms with Crippen molar-refractivity contribution in [3.05, 3.63) is 23.8 Å². The summed E-state index contributed by atoms with van der Waals surface area (Å²) in [7, 11) is 0. The van der Waals surface area contributed by atoms with Gasteiger partial charge in [-0.15, -0.1) is 0 Å². The fourth-order valence-corrected chi connectivity index (χ4v) is 1.95. The zero-order valence-electron chi connectivity index (χ0n) is 8.84. The second kappa shape index (κ2) is 3.19. The van der Waals surface area contributed by atoms with E-state index in [2.05, 4.69) is 13.8 Å². The molecule has 0 bridgehead atoms. The lowest BCUT2D eigenvalue weighted by Crippen LogP contribution is -2.26. The van der Waals surface area contributed by atoms with Crippen molar-refractivity contribution in [2.24, 2.45) is 0 Å². The number of aryl methyl sites for hydroxylation is 1. The molecule has 0 atom stereocenters. The van der Waals surface area contributed by atoms with Gasteiger partial charge >= 0.3 is 0 Å². The average molecular weight is 191 g/mol. The van der Waals surface area contributed by atoms with E-state index in [0.29, 0.717) is 0 Å². The van der Waals surface area contributed by atoms with Gasteiger partial charge in [0.05, 0.1) is 0 Å². The van der Waals surface area contributed by atoms with Gasteiger partial charge in [0, 0.05) is 5.69 Å². The lowest BCUT2D eigenvalue weighted by Gasteiger charge is -2.24. The van der Waals surface area contributed by atoms with Crippen molar-refractivity contribution >= 4 is 5.69 Å². The summed E-state index contributed by atoms with van der Waals surface area (Å²) in [5.41, 5.74) is 7.78. The van der Waals surface area contributed by atoms with E-state index in [1.807, 2.05) is 18.2 Å². The highest BCUT2D eigenvalue weighted by atomic mass is 16.5. The number of hydrogen-bond donors (Lipinski definition) is 1. The van der Waals surface area contributed by atoms with Gasteiger partial charge in [0.1, 0.15) is 11.4 Å². The first-order valence-electron chi connectivity index (χ1n) is 5.14. The number of nitrogen functional groups attached to an aromatic ring is 1. The minimum absolute atomic E-state index is 0.0403. The molecule has 2 nitrogen and oxygen atoms in total. The smallest absolute Gasteiger partial charge is 0.123 e. The molecule has 14 heavy (non-hydrogen) atoms. The number of rotatable bonds is 0. The van der Waals surface area contributed by atoms with Crippen molar-refractivity contribution in [3.8, 4) is 5.75 Å². The van der Waals surface area contributed by atoms with E-state index in [1.54, 1.807) is 0 Å². The van der Waals surface area contributed by atoms with Crippen LogP contribution in [0.5, 0.6) is 5.75 Å². The maximum atomic E-state index is 5.94. The van der Waals surface area contributed by atoms with Crippen LogP contribution in [-0.2, 0) is 6.42 Å². The number of benzene rings is 1. The summed E-state index contributed by atoms with van der Waals surface area (Å²) in [6.07, 6.45) is 3.34. The minimum Gasteiger partial charge on any atom is -0.488 e. The van der Waals surface area contributed by atoms with Crippen LogP contribution in [-0.4, -0.2) is 5.60 Å². The molecule has 0 aliphatic carbocycles. The van der Waals surface area contributed by atoms with Gasteiger partial charge in [-0.1, -0.05) is 0 Å². The van der Waals surface area contributed by atoms with Gasteiger partial charge in [-0.3, -0.25) is 0 Å². The summed E-state index contributed by atoms with van der Waals surface area (Å²) in [5, 5.41) is 0. The highest BCUT2D eigenvalue weighted by Gasteiger charge is 2.24. The molecule has 1 aliphatic heterocycles. The molecule has 2 N–H and O–H groups in total. The summed E-state index contributed by atoms with van der Waals surface area (Å²) in [5.74, 6) is 1.00. The fraction of sp³-hybridized carbons (Fsp3) is 0.500. The minimum atomic E-state index is -0.0403. The number of nitrogens with two attached hydrogens (primary N) is 1. The highest BCUT2D eigenvalue weighted by molar-refractivity contribution is 5.48. The number of hydrogen-bond acceptors (Lipinski definition) is 2. The Morgan fingerprint density at radius 3 is 2.93 bits per heavy atom. The molecule has 1 aliphatic rings.